The molecule has 6 heteroatoms. The highest BCUT2D eigenvalue weighted by Crippen LogP contribution is 2.13. The van der Waals surface area contributed by atoms with Crippen LogP contribution in [0.15, 0.2) is 0 Å². The smallest absolute Gasteiger partial charge is 0.312 e. The highest BCUT2D eigenvalue weighted by Gasteiger charge is 2.30. The molecule has 2 saturated heterocycles. The standard InChI is InChI=1S/C12H21N3O3/c1-14(10-2-8-18-9-3-10)11(16)12(17)15-6-4-13-5-7-15/h10,13H,2-9H2,1H3. The summed E-state index contributed by atoms with van der Waals surface area (Å²) in [4.78, 5) is 27.4. The van der Waals surface area contributed by atoms with Crippen LogP contribution in [0.4, 0.5) is 0 Å². The first kappa shape index (κ1) is 13.3. The summed E-state index contributed by atoms with van der Waals surface area (Å²) in [6, 6.07) is 0.137. The van der Waals surface area contributed by atoms with E-state index < -0.39 is 0 Å². The van der Waals surface area contributed by atoms with E-state index in [2.05, 4.69) is 5.32 Å². The molecule has 0 aromatic heterocycles. The number of carbonyl (C=O) groups is 2. The van der Waals surface area contributed by atoms with Gasteiger partial charge >= 0.3 is 11.8 Å². The maximum atomic E-state index is 12.1. The summed E-state index contributed by atoms with van der Waals surface area (Å²) in [6.45, 7) is 4.10. The average Bonchev–Trinajstić information content (AvgIpc) is 2.47. The minimum absolute atomic E-state index is 0.137. The zero-order chi connectivity index (χ0) is 13.0. The monoisotopic (exact) mass is 255 g/mol. The van der Waals surface area contributed by atoms with Crippen molar-refractivity contribution in [3.63, 3.8) is 0 Å². The molecule has 2 heterocycles. The van der Waals surface area contributed by atoms with Gasteiger partial charge in [0.1, 0.15) is 0 Å². The average molecular weight is 255 g/mol. The summed E-state index contributed by atoms with van der Waals surface area (Å²) in [5.74, 6) is -0.755. The van der Waals surface area contributed by atoms with Crippen molar-refractivity contribution < 1.29 is 14.3 Å². The van der Waals surface area contributed by atoms with Gasteiger partial charge in [-0.3, -0.25) is 9.59 Å². The van der Waals surface area contributed by atoms with Crippen LogP contribution in [0.25, 0.3) is 0 Å². The van der Waals surface area contributed by atoms with Crippen molar-refractivity contribution in [1.29, 1.82) is 0 Å². The fraction of sp³-hybridized carbons (Fsp3) is 0.833. The highest BCUT2D eigenvalue weighted by atomic mass is 16.5. The van der Waals surface area contributed by atoms with E-state index in [9.17, 15) is 9.59 Å². The summed E-state index contributed by atoms with van der Waals surface area (Å²) in [5, 5.41) is 3.17. The van der Waals surface area contributed by atoms with Gasteiger partial charge in [-0.05, 0) is 12.8 Å². The van der Waals surface area contributed by atoms with Crippen molar-refractivity contribution >= 4 is 11.8 Å². The molecule has 0 aromatic rings. The van der Waals surface area contributed by atoms with Crippen molar-refractivity contribution in [2.45, 2.75) is 18.9 Å². The number of ether oxygens (including phenoxy) is 1. The molecule has 102 valence electrons. The highest BCUT2D eigenvalue weighted by molar-refractivity contribution is 6.34. The molecule has 6 nitrogen and oxygen atoms in total. The van der Waals surface area contributed by atoms with Crippen LogP contribution in [0.1, 0.15) is 12.8 Å². The number of hydrogen-bond donors (Lipinski definition) is 1. The third-order valence-corrected chi connectivity index (χ3v) is 3.65. The van der Waals surface area contributed by atoms with E-state index in [-0.39, 0.29) is 17.9 Å². The van der Waals surface area contributed by atoms with Crippen LogP contribution in [0.2, 0.25) is 0 Å². The summed E-state index contributed by atoms with van der Waals surface area (Å²) in [5.41, 5.74) is 0. The number of piperazine rings is 1. The molecule has 1 N–H and O–H groups in total. The van der Waals surface area contributed by atoms with Gasteiger partial charge in [-0.1, -0.05) is 0 Å². The van der Waals surface area contributed by atoms with E-state index in [1.807, 2.05) is 0 Å². The van der Waals surface area contributed by atoms with Gasteiger partial charge in [-0.25, -0.2) is 0 Å². The van der Waals surface area contributed by atoms with Crippen LogP contribution in [0, 0.1) is 0 Å². The predicted molar refractivity (Wildman–Crippen MR) is 66.1 cm³/mol. The van der Waals surface area contributed by atoms with Crippen LogP contribution in [0.3, 0.4) is 0 Å². The minimum Gasteiger partial charge on any atom is -0.381 e. The fourth-order valence-electron chi connectivity index (χ4n) is 2.39. The second-order valence-corrected chi connectivity index (χ2v) is 4.80. The SMILES string of the molecule is CN(C(=O)C(=O)N1CCNCC1)C1CCOCC1. The van der Waals surface area contributed by atoms with Gasteiger partial charge < -0.3 is 19.9 Å². The van der Waals surface area contributed by atoms with Crippen LogP contribution in [-0.4, -0.2) is 74.1 Å². The Morgan fingerprint density at radius 1 is 1.22 bits per heavy atom. The van der Waals surface area contributed by atoms with Gasteiger partial charge in [0.2, 0.25) is 0 Å². The number of hydrogen-bond acceptors (Lipinski definition) is 4. The van der Waals surface area contributed by atoms with E-state index in [0.29, 0.717) is 26.3 Å². The summed E-state index contributed by atoms with van der Waals surface area (Å²) in [6.07, 6.45) is 1.63. The number of nitrogens with zero attached hydrogens (tertiary/aromatic N) is 2. The molecule has 0 atom stereocenters. The quantitative estimate of drug-likeness (QED) is 0.614. The first-order chi connectivity index (χ1) is 8.70. The maximum absolute atomic E-state index is 12.1. The lowest BCUT2D eigenvalue weighted by Crippen LogP contribution is -2.53. The van der Waals surface area contributed by atoms with Crippen molar-refractivity contribution in [1.82, 2.24) is 15.1 Å². The number of carbonyl (C=O) groups excluding carboxylic acids is 2. The Labute approximate surface area is 107 Å². The number of nitrogens with one attached hydrogen (secondary N) is 1. The lowest BCUT2D eigenvalue weighted by atomic mass is 10.1. The van der Waals surface area contributed by atoms with Gasteiger partial charge in [0.05, 0.1) is 0 Å². The lowest BCUT2D eigenvalue weighted by Gasteiger charge is -2.33. The lowest BCUT2D eigenvalue weighted by molar-refractivity contribution is -0.153. The Kier molecular flexibility index (Phi) is 4.54. The third kappa shape index (κ3) is 3.00. The summed E-state index contributed by atoms with van der Waals surface area (Å²) in [7, 11) is 1.72. The topological polar surface area (TPSA) is 61.9 Å². The van der Waals surface area contributed by atoms with E-state index >= 15 is 0 Å². The van der Waals surface area contributed by atoms with E-state index in [4.69, 9.17) is 4.74 Å². The predicted octanol–water partition coefficient (Wildman–Crippen LogP) is -0.944. The van der Waals surface area contributed by atoms with Gasteiger partial charge in [-0.2, -0.15) is 0 Å². The van der Waals surface area contributed by atoms with Crippen molar-refractivity contribution in [2.75, 3.05) is 46.4 Å². The molecule has 2 amide bonds. The molecule has 2 fully saturated rings. The summed E-state index contributed by atoms with van der Waals surface area (Å²) >= 11 is 0. The van der Waals surface area contributed by atoms with Crippen LogP contribution in [-0.2, 0) is 14.3 Å². The van der Waals surface area contributed by atoms with Crippen molar-refractivity contribution in [2.24, 2.45) is 0 Å². The molecule has 18 heavy (non-hydrogen) atoms. The van der Waals surface area contributed by atoms with Crippen LogP contribution in [0.5, 0.6) is 0 Å². The second-order valence-electron chi connectivity index (χ2n) is 4.80. The van der Waals surface area contributed by atoms with Gasteiger partial charge in [0.15, 0.2) is 0 Å². The largest absolute Gasteiger partial charge is 0.381 e. The van der Waals surface area contributed by atoms with Crippen molar-refractivity contribution in [3.8, 4) is 0 Å². The van der Waals surface area contributed by atoms with E-state index in [1.54, 1.807) is 16.8 Å². The Balaban J connectivity index is 1.90. The van der Waals surface area contributed by atoms with Gasteiger partial charge in [0.25, 0.3) is 0 Å². The van der Waals surface area contributed by atoms with E-state index in [0.717, 1.165) is 25.9 Å². The van der Waals surface area contributed by atoms with Gasteiger partial charge in [-0.15, -0.1) is 0 Å². The minimum atomic E-state index is -0.385. The maximum Gasteiger partial charge on any atom is 0.312 e. The Bertz CT molecular complexity index is 310. The molecule has 2 aliphatic rings. The number of rotatable bonds is 1. The fourth-order valence-corrected chi connectivity index (χ4v) is 2.39. The first-order valence-corrected chi connectivity index (χ1v) is 6.54. The van der Waals surface area contributed by atoms with E-state index in [1.165, 1.54) is 0 Å². The molecule has 0 radical (unpaired) electrons. The molecule has 2 aliphatic heterocycles. The molecule has 0 unspecified atom stereocenters. The van der Waals surface area contributed by atoms with Gasteiger partial charge in [0, 0.05) is 52.5 Å². The zero-order valence-corrected chi connectivity index (χ0v) is 10.9. The first-order valence-electron chi connectivity index (χ1n) is 6.54. The normalized spacial score (nSPS) is 21.7. The molecule has 0 spiro atoms. The molecular weight excluding hydrogens is 234 g/mol. The van der Waals surface area contributed by atoms with Crippen LogP contribution < -0.4 is 5.32 Å². The summed E-state index contributed by atoms with van der Waals surface area (Å²) < 4.78 is 5.26. The number of likely N-dealkylation sites (N-methyl/N-ethyl adjacent to an activating group) is 1. The molecule has 0 aliphatic carbocycles. The Morgan fingerprint density at radius 3 is 2.44 bits per heavy atom. The molecule has 2 rings (SSSR count). The number of amides is 2. The molecule has 0 aromatic carbocycles. The Hall–Kier alpha value is -1.14. The zero-order valence-electron chi connectivity index (χ0n) is 10.9. The Morgan fingerprint density at radius 2 is 1.83 bits per heavy atom. The molecule has 0 saturated carbocycles. The third-order valence-electron chi connectivity index (χ3n) is 3.65. The second kappa shape index (κ2) is 6.15. The molecular formula is C12H21N3O3. The molecule has 0 bridgehead atoms. The van der Waals surface area contributed by atoms with Crippen LogP contribution >= 0.6 is 0 Å². The van der Waals surface area contributed by atoms with Crippen molar-refractivity contribution in [3.05, 3.63) is 0 Å².